The van der Waals surface area contributed by atoms with Crippen LogP contribution in [0.25, 0.3) is 11.4 Å². The van der Waals surface area contributed by atoms with Crippen molar-refractivity contribution in [3.8, 4) is 11.4 Å². The van der Waals surface area contributed by atoms with Crippen molar-refractivity contribution in [1.29, 1.82) is 0 Å². The second kappa shape index (κ2) is 9.86. The van der Waals surface area contributed by atoms with Crippen LogP contribution in [0.5, 0.6) is 0 Å². The smallest absolute Gasteiger partial charge is 0.232 e. The summed E-state index contributed by atoms with van der Waals surface area (Å²) in [6, 6.07) is 9.91. The molecule has 1 aromatic carbocycles. The molecule has 0 saturated heterocycles. The minimum atomic E-state index is 0.140. The molecule has 0 aliphatic carbocycles. The van der Waals surface area contributed by atoms with Crippen LogP contribution in [0.15, 0.2) is 49.2 Å². The van der Waals surface area contributed by atoms with Gasteiger partial charge in [-0.2, -0.15) is 0 Å². The van der Waals surface area contributed by atoms with Crippen molar-refractivity contribution in [2.75, 3.05) is 0 Å². The van der Waals surface area contributed by atoms with Gasteiger partial charge in [0.25, 0.3) is 0 Å². The molecule has 0 aliphatic rings. The largest absolute Gasteiger partial charge is 0.274 e. The van der Waals surface area contributed by atoms with Crippen LogP contribution in [0, 0.1) is 6.92 Å². The Morgan fingerprint density at radius 3 is 2.46 bits per heavy atom. The first-order valence-electron chi connectivity index (χ1n) is 8.98. The molecule has 3 nitrogen and oxygen atoms in total. The number of aromatic nitrogens is 2. The second-order valence-electron chi connectivity index (χ2n) is 6.28. The number of nitrogens with zero attached hydrogens (tertiary/aromatic N) is 2. The van der Waals surface area contributed by atoms with Gasteiger partial charge < -0.3 is 0 Å². The summed E-state index contributed by atoms with van der Waals surface area (Å²) in [6.45, 7) is 5.67. The van der Waals surface area contributed by atoms with Gasteiger partial charge in [0.1, 0.15) is 5.82 Å². The number of carbonyl (C=O) groups excluding carboxylic acids is 1. The molecule has 0 amide bonds. The minimum absolute atomic E-state index is 0.140. The highest BCUT2D eigenvalue weighted by Gasteiger charge is 2.13. The standard InChI is InChI=1S/C21H28N2O/c1-3-4-5-6-7-8-9-13-16-20(24)23-17-18(2)22-21(23)19-14-11-10-12-15-19/h3,10-12,14-15,17H,1,4-9,13,16H2,2H3. The molecule has 0 aliphatic heterocycles. The molecule has 0 bridgehead atoms. The van der Waals surface area contributed by atoms with Crippen LogP contribution in [-0.4, -0.2) is 15.5 Å². The first kappa shape index (κ1) is 18.2. The van der Waals surface area contributed by atoms with Crippen LogP contribution in [0.3, 0.4) is 0 Å². The molecule has 2 aromatic rings. The van der Waals surface area contributed by atoms with Gasteiger partial charge in [-0.05, 0) is 26.2 Å². The zero-order valence-electron chi connectivity index (χ0n) is 14.7. The third-order valence-corrected chi connectivity index (χ3v) is 4.18. The molecule has 1 aromatic heterocycles. The van der Waals surface area contributed by atoms with E-state index in [9.17, 15) is 4.79 Å². The first-order chi connectivity index (χ1) is 11.7. The van der Waals surface area contributed by atoms with Gasteiger partial charge in [0.2, 0.25) is 5.91 Å². The zero-order valence-corrected chi connectivity index (χ0v) is 14.7. The zero-order chi connectivity index (χ0) is 17.2. The van der Waals surface area contributed by atoms with E-state index >= 15 is 0 Å². The van der Waals surface area contributed by atoms with Crippen molar-refractivity contribution in [1.82, 2.24) is 9.55 Å². The van der Waals surface area contributed by atoms with Gasteiger partial charge in [0.05, 0.1) is 5.69 Å². The maximum absolute atomic E-state index is 12.5. The molecule has 24 heavy (non-hydrogen) atoms. The maximum Gasteiger partial charge on any atom is 0.232 e. The van der Waals surface area contributed by atoms with Crippen molar-refractivity contribution in [3.05, 3.63) is 54.9 Å². The number of benzene rings is 1. The van der Waals surface area contributed by atoms with E-state index in [2.05, 4.69) is 11.6 Å². The van der Waals surface area contributed by atoms with Crippen LogP contribution in [0.4, 0.5) is 0 Å². The summed E-state index contributed by atoms with van der Waals surface area (Å²) in [4.78, 5) is 17.1. The fourth-order valence-corrected chi connectivity index (χ4v) is 2.87. The Morgan fingerprint density at radius 2 is 1.75 bits per heavy atom. The molecule has 1 heterocycles. The fraction of sp³-hybridized carbons (Fsp3) is 0.429. The lowest BCUT2D eigenvalue weighted by molar-refractivity contribution is 0.0901. The van der Waals surface area contributed by atoms with Crippen LogP contribution in [0.2, 0.25) is 0 Å². The summed E-state index contributed by atoms with van der Waals surface area (Å²) in [7, 11) is 0. The van der Waals surface area contributed by atoms with Crippen molar-refractivity contribution in [2.45, 2.75) is 58.3 Å². The van der Waals surface area contributed by atoms with Gasteiger partial charge in [0, 0.05) is 18.2 Å². The molecule has 0 N–H and O–H groups in total. The fourth-order valence-electron chi connectivity index (χ4n) is 2.87. The summed E-state index contributed by atoms with van der Waals surface area (Å²) in [5.74, 6) is 0.892. The van der Waals surface area contributed by atoms with Crippen LogP contribution >= 0.6 is 0 Å². The maximum atomic E-state index is 12.5. The van der Waals surface area contributed by atoms with Crippen molar-refractivity contribution in [3.63, 3.8) is 0 Å². The molecule has 0 fully saturated rings. The van der Waals surface area contributed by atoms with Crippen molar-refractivity contribution >= 4 is 5.91 Å². The van der Waals surface area contributed by atoms with Gasteiger partial charge >= 0.3 is 0 Å². The lowest BCUT2D eigenvalue weighted by Gasteiger charge is -2.07. The highest BCUT2D eigenvalue weighted by Crippen LogP contribution is 2.19. The second-order valence-corrected chi connectivity index (χ2v) is 6.28. The van der Waals surface area contributed by atoms with E-state index in [4.69, 9.17) is 0 Å². The lowest BCUT2D eigenvalue weighted by atomic mass is 10.1. The van der Waals surface area contributed by atoms with E-state index in [0.717, 1.165) is 36.3 Å². The Morgan fingerprint density at radius 1 is 1.08 bits per heavy atom. The number of hydrogen-bond acceptors (Lipinski definition) is 2. The minimum Gasteiger partial charge on any atom is -0.274 e. The molecular formula is C21H28N2O. The Labute approximate surface area is 145 Å². The number of allylic oxidation sites excluding steroid dienone is 1. The SMILES string of the molecule is C=CCCCCCCCCC(=O)n1cc(C)nc1-c1ccccc1. The monoisotopic (exact) mass is 324 g/mol. The lowest BCUT2D eigenvalue weighted by Crippen LogP contribution is -2.11. The number of unbranched alkanes of at least 4 members (excludes halogenated alkanes) is 6. The molecule has 0 saturated carbocycles. The van der Waals surface area contributed by atoms with E-state index in [-0.39, 0.29) is 5.91 Å². The Balaban J connectivity index is 1.82. The number of hydrogen-bond donors (Lipinski definition) is 0. The number of carbonyl (C=O) groups is 1. The normalized spacial score (nSPS) is 10.7. The first-order valence-corrected chi connectivity index (χ1v) is 8.98. The summed E-state index contributed by atoms with van der Waals surface area (Å²) in [5.41, 5.74) is 1.87. The van der Waals surface area contributed by atoms with Crippen LogP contribution < -0.4 is 0 Å². The van der Waals surface area contributed by atoms with Gasteiger partial charge in [-0.3, -0.25) is 9.36 Å². The quantitative estimate of drug-likeness (QED) is 0.408. The molecule has 3 heteroatoms. The molecule has 0 atom stereocenters. The summed E-state index contributed by atoms with van der Waals surface area (Å²) in [6.07, 6.45) is 12.6. The van der Waals surface area contributed by atoms with E-state index in [0.29, 0.717) is 6.42 Å². The predicted octanol–water partition coefficient (Wildman–Crippen LogP) is 5.81. The summed E-state index contributed by atoms with van der Waals surface area (Å²) in [5, 5.41) is 0. The highest BCUT2D eigenvalue weighted by molar-refractivity contribution is 5.83. The Bertz CT molecular complexity index is 643. The average Bonchev–Trinajstić information content (AvgIpc) is 3.00. The molecular weight excluding hydrogens is 296 g/mol. The molecule has 2 rings (SSSR count). The topological polar surface area (TPSA) is 34.9 Å². The van der Waals surface area contributed by atoms with Crippen LogP contribution in [-0.2, 0) is 0 Å². The summed E-state index contributed by atoms with van der Waals surface area (Å²) >= 11 is 0. The predicted molar refractivity (Wildman–Crippen MR) is 100 cm³/mol. The van der Waals surface area contributed by atoms with E-state index in [1.54, 1.807) is 4.57 Å². The number of rotatable bonds is 10. The number of aryl methyl sites for hydroxylation is 1. The Kier molecular flexibility index (Phi) is 7.47. The van der Waals surface area contributed by atoms with Gasteiger partial charge in [-0.1, -0.05) is 62.1 Å². The van der Waals surface area contributed by atoms with E-state index in [1.165, 1.54) is 25.7 Å². The molecule has 128 valence electrons. The molecule has 0 spiro atoms. The van der Waals surface area contributed by atoms with Crippen LogP contribution in [0.1, 0.15) is 61.9 Å². The van der Waals surface area contributed by atoms with E-state index < -0.39 is 0 Å². The van der Waals surface area contributed by atoms with Gasteiger partial charge in [0.15, 0.2) is 0 Å². The number of imidazole rings is 1. The highest BCUT2D eigenvalue weighted by atomic mass is 16.2. The van der Waals surface area contributed by atoms with Crippen molar-refractivity contribution in [2.24, 2.45) is 0 Å². The Hall–Kier alpha value is -2.16. The average molecular weight is 324 g/mol. The van der Waals surface area contributed by atoms with Crippen molar-refractivity contribution < 1.29 is 4.79 Å². The van der Waals surface area contributed by atoms with Gasteiger partial charge in [-0.15, -0.1) is 6.58 Å². The molecule has 0 radical (unpaired) electrons. The third-order valence-electron chi connectivity index (χ3n) is 4.18. The van der Waals surface area contributed by atoms with E-state index in [1.807, 2.05) is 49.5 Å². The molecule has 0 unspecified atom stereocenters. The third kappa shape index (κ3) is 5.48. The van der Waals surface area contributed by atoms with Gasteiger partial charge in [-0.25, -0.2) is 4.98 Å². The summed E-state index contributed by atoms with van der Waals surface area (Å²) < 4.78 is 1.72.